The van der Waals surface area contributed by atoms with E-state index in [0.29, 0.717) is 13.0 Å². The van der Waals surface area contributed by atoms with E-state index >= 15 is 0 Å². The van der Waals surface area contributed by atoms with Crippen LogP contribution in [0.3, 0.4) is 0 Å². The summed E-state index contributed by atoms with van der Waals surface area (Å²) in [6.45, 7) is 4.03. The lowest BCUT2D eigenvalue weighted by atomic mass is 10.1. The summed E-state index contributed by atoms with van der Waals surface area (Å²) in [6.07, 6.45) is 0.691. The number of ether oxygens (including phenoxy) is 2. The fourth-order valence-electron chi connectivity index (χ4n) is 0.580. The molecule has 0 saturated carbocycles. The van der Waals surface area contributed by atoms with E-state index in [4.69, 9.17) is 14.6 Å². The van der Waals surface area contributed by atoms with Gasteiger partial charge in [0, 0.05) is 7.11 Å². The van der Waals surface area contributed by atoms with E-state index in [1.165, 1.54) is 0 Å². The maximum atomic E-state index is 10.0. The minimum atomic E-state index is -0.940. The fourth-order valence-corrected chi connectivity index (χ4v) is 0.580. The van der Waals surface area contributed by atoms with Crippen molar-refractivity contribution in [3.8, 4) is 0 Å². The molecule has 72 valence electrons. The van der Waals surface area contributed by atoms with Crippen LogP contribution in [0.2, 0.25) is 0 Å². The van der Waals surface area contributed by atoms with Crippen molar-refractivity contribution in [3.05, 3.63) is 0 Å². The Bertz CT molecular complexity index is 142. The molecule has 0 aromatic rings. The van der Waals surface area contributed by atoms with Gasteiger partial charge >= 0.3 is 5.97 Å². The number of carboxylic acids is 1. The Morgan fingerprint density at radius 3 is 2.50 bits per heavy atom. The van der Waals surface area contributed by atoms with Gasteiger partial charge in [-0.05, 0) is 20.3 Å². The van der Waals surface area contributed by atoms with Crippen LogP contribution in [0.25, 0.3) is 0 Å². The van der Waals surface area contributed by atoms with E-state index < -0.39 is 5.97 Å². The summed E-state index contributed by atoms with van der Waals surface area (Å²) in [7, 11) is 1.62. The third-order valence-electron chi connectivity index (χ3n) is 1.63. The number of rotatable bonds is 6. The van der Waals surface area contributed by atoms with E-state index in [1.807, 2.05) is 13.8 Å². The Labute approximate surface area is 72.5 Å². The molecule has 0 heterocycles. The largest absolute Gasteiger partial charge is 0.480 e. The molecule has 0 fully saturated rings. The second-order valence-corrected chi connectivity index (χ2v) is 3.16. The van der Waals surface area contributed by atoms with Crippen molar-refractivity contribution < 1.29 is 19.4 Å². The third-order valence-corrected chi connectivity index (χ3v) is 1.63. The smallest absolute Gasteiger partial charge is 0.329 e. The second kappa shape index (κ2) is 5.11. The van der Waals surface area contributed by atoms with Crippen LogP contribution in [0, 0.1) is 0 Å². The molecule has 0 aliphatic heterocycles. The van der Waals surface area contributed by atoms with Crippen LogP contribution in [0.5, 0.6) is 0 Å². The molecule has 0 radical (unpaired) electrons. The topological polar surface area (TPSA) is 55.8 Å². The number of hydrogen-bond acceptors (Lipinski definition) is 3. The van der Waals surface area contributed by atoms with E-state index in [2.05, 4.69) is 0 Å². The molecule has 0 aliphatic rings. The lowest BCUT2D eigenvalue weighted by Crippen LogP contribution is -2.25. The average molecular weight is 176 g/mol. The molecule has 1 N–H and O–H groups in total. The van der Waals surface area contributed by atoms with E-state index in [0.717, 1.165) is 0 Å². The Kier molecular flexibility index (Phi) is 4.85. The van der Waals surface area contributed by atoms with Crippen molar-refractivity contribution in [3.63, 3.8) is 0 Å². The van der Waals surface area contributed by atoms with Gasteiger partial charge < -0.3 is 14.6 Å². The molecule has 0 atom stereocenters. The van der Waals surface area contributed by atoms with Crippen LogP contribution < -0.4 is 0 Å². The first-order chi connectivity index (χ1) is 5.48. The minimum absolute atomic E-state index is 0.236. The van der Waals surface area contributed by atoms with Crippen LogP contribution in [-0.4, -0.2) is 37.0 Å². The Morgan fingerprint density at radius 2 is 2.08 bits per heavy atom. The number of methoxy groups -OCH3 is 1. The van der Waals surface area contributed by atoms with Crippen LogP contribution in [-0.2, 0) is 14.3 Å². The molecule has 12 heavy (non-hydrogen) atoms. The molecule has 0 rings (SSSR count). The summed E-state index contributed by atoms with van der Waals surface area (Å²) in [5, 5.41) is 8.24. The quantitative estimate of drug-likeness (QED) is 0.611. The zero-order chi connectivity index (χ0) is 9.61. The van der Waals surface area contributed by atoms with Crippen LogP contribution >= 0.6 is 0 Å². The zero-order valence-electron chi connectivity index (χ0n) is 7.79. The molecular weight excluding hydrogens is 160 g/mol. The van der Waals surface area contributed by atoms with E-state index in [-0.39, 0.29) is 12.2 Å². The highest BCUT2D eigenvalue weighted by molar-refractivity contribution is 5.67. The van der Waals surface area contributed by atoms with Gasteiger partial charge in [-0.3, -0.25) is 0 Å². The molecule has 0 aromatic heterocycles. The van der Waals surface area contributed by atoms with E-state index in [1.54, 1.807) is 7.11 Å². The van der Waals surface area contributed by atoms with E-state index in [9.17, 15) is 4.79 Å². The van der Waals surface area contributed by atoms with Gasteiger partial charge in [0.25, 0.3) is 0 Å². The maximum Gasteiger partial charge on any atom is 0.329 e. The van der Waals surface area contributed by atoms with Crippen LogP contribution in [0.1, 0.15) is 20.3 Å². The summed E-state index contributed by atoms with van der Waals surface area (Å²) in [5.74, 6) is -0.940. The van der Waals surface area contributed by atoms with Gasteiger partial charge in [-0.2, -0.15) is 0 Å². The summed E-state index contributed by atoms with van der Waals surface area (Å²) in [4.78, 5) is 10.0. The lowest BCUT2D eigenvalue weighted by molar-refractivity contribution is -0.142. The molecule has 0 unspecified atom stereocenters. The summed E-state index contributed by atoms with van der Waals surface area (Å²) in [6, 6.07) is 0. The normalized spacial score (nSPS) is 11.6. The van der Waals surface area contributed by atoms with Crippen molar-refractivity contribution in [2.24, 2.45) is 0 Å². The number of hydrogen-bond donors (Lipinski definition) is 1. The maximum absolute atomic E-state index is 10.0. The van der Waals surface area contributed by atoms with Gasteiger partial charge in [0.15, 0.2) is 0 Å². The SMILES string of the molecule is COC(C)(C)CCOCC(=O)O. The molecule has 0 amide bonds. The van der Waals surface area contributed by atoms with Gasteiger partial charge in [-0.25, -0.2) is 4.79 Å². The van der Waals surface area contributed by atoms with Crippen LogP contribution in [0.4, 0.5) is 0 Å². The Morgan fingerprint density at radius 1 is 1.50 bits per heavy atom. The average Bonchev–Trinajstić information content (AvgIpc) is 1.98. The van der Waals surface area contributed by atoms with Gasteiger partial charge in [-0.1, -0.05) is 0 Å². The first-order valence-corrected chi connectivity index (χ1v) is 3.82. The molecule has 4 heteroatoms. The summed E-state index contributed by atoms with van der Waals surface area (Å²) >= 11 is 0. The fraction of sp³-hybridized carbons (Fsp3) is 0.875. The van der Waals surface area contributed by atoms with Gasteiger partial charge in [0.05, 0.1) is 12.2 Å². The van der Waals surface area contributed by atoms with Gasteiger partial charge in [0.2, 0.25) is 0 Å². The van der Waals surface area contributed by atoms with Crippen molar-refractivity contribution >= 4 is 5.97 Å². The Balaban J connectivity index is 3.37. The molecule has 0 spiro atoms. The summed E-state index contributed by atoms with van der Waals surface area (Å²) in [5.41, 5.74) is -0.238. The molecule has 4 nitrogen and oxygen atoms in total. The first-order valence-electron chi connectivity index (χ1n) is 3.82. The number of carboxylic acid groups (broad SMARTS) is 1. The number of carbonyl (C=O) groups is 1. The van der Waals surface area contributed by atoms with Crippen molar-refractivity contribution in [1.82, 2.24) is 0 Å². The van der Waals surface area contributed by atoms with Crippen molar-refractivity contribution in [2.75, 3.05) is 20.3 Å². The molecule has 0 aliphatic carbocycles. The highest BCUT2D eigenvalue weighted by atomic mass is 16.5. The standard InChI is InChI=1S/C8H16O4/c1-8(2,11-3)4-5-12-6-7(9)10/h4-6H2,1-3H3,(H,9,10). The molecular formula is C8H16O4. The highest BCUT2D eigenvalue weighted by Crippen LogP contribution is 2.12. The van der Waals surface area contributed by atoms with Gasteiger partial charge in [-0.15, -0.1) is 0 Å². The first kappa shape index (κ1) is 11.4. The predicted molar refractivity (Wildman–Crippen MR) is 44.2 cm³/mol. The monoisotopic (exact) mass is 176 g/mol. The van der Waals surface area contributed by atoms with Crippen LogP contribution in [0.15, 0.2) is 0 Å². The van der Waals surface area contributed by atoms with Crippen molar-refractivity contribution in [1.29, 1.82) is 0 Å². The lowest BCUT2D eigenvalue weighted by Gasteiger charge is -2.22. The molecule has 0 saturated heterocycles. The number of aliphatic carboxylic acids is 1. The zero-order valence-corrected chi connectivity index (χ0v) is 7.79. The highest BCUT2D eigenvalue weighted by Gasteiger charge is 2.15. The third kappa shape index (κ3) is 6.12. The molecule has 0 aromatic carbocycles. The van der Waals surface area contributed by atoms with Crippen molar-refractivity contribution in [2.45, 2.75) is 25.9 Å². The molecule has 0 bridgehead atoms. The summed E-state index contributed by atoms with van der Waals surface area (Å²) < 4.78 is 9.97. The second-order valence-electron chi connectivity index (χ2n) is 3.16. The minimum Gasteiger partial charge on any atom is -0.480 e. The van der Waals surface area contributed by atoms with Gasteiger partial charge in [0.1, 0.15) is 6.61 Å². The predicted octanol–water partition coefficient (Wildman–Crippen LogP) is 0.903. The Hall–Kier alpha value is -0.610.